The Morgan fingerprint density at radius 3 is 2.16 bits per heavy atom. The van der Waals surface area contributed by atoms with Gasteiger partial charge in [0.15, 0.2) is 17.1 Å². The van der Waals surface area contributed by atoms with Crippen LogP contribution in [0.5, 0.6) is 11.5 Å². The lowest BCUT2D eigenvalue weighted by atomic mass is 9.94. The van der Waals surface area contributed by atoms with Crippen molar-refractivity contribution < 1.29 is 27.8 Å². The van der Waals surface area contributed by atoms with Crippen LogP contribution in [-0.2, 0) is 5.60 Å². The molecule has 1 aromatic rings. The molecule has 6 heteroatoms. The zero-order valence-electron chi connectivity index (χ0n) is 11.0. The van der Waals surface area contributed by atoms with Gasteiger partial charge in [-0.15, -0.1) is 0 Å². The third-order valence-corrected chi connectivity index (χ3v) is 2.64. The molecule has 0 saturated carbocycles. The van der Waals surface area contributed by atoms with Gasteiger partial charge in [0.1, 0.15) is 0 Å². The number of hydrogen-bond acceptors (Lipinski definition) is 3. The number of para-hydroxylation sites is 1. The summed E-state index contributed by atoms with van der Waals surface area (Å²) in [4.78, 5) is 0. The molecule has 0 spiro atoms. The van der Waals surface area contributed by atoms with E-state index in [0.717, 1.165) is 0 Å². The number of alkyl halides is 3. The van der Waals surface area contributed by atoms with Crippen molar-refractivity contribution in [3.8, 4) is 11.5 Å². The average molecular weight is 278 g/mol. The van der Waals surface area contributed by atoms with Crippen LogP contribution in [0.25, 0.3) is 0 Å². The summed E-state index contributed by atoms with van der Waals surface area (Å²) in [7, 11) is 0. The van der Waals surface area contributed by atoms with E-state index in [0.29, 0.717) is 6.92 Å². The minimum absolute atomic E-state index is 0.0748. The Hall–Kier alpha value is -1.43. The van der Waals surface area contributed by atoms with E-state index < -0.39 is 11.8 Å². The molecule has 0 fully saturated rings. The molecule has 108 valence electrons. The Kier molecular flexibility index (Phi) is 4.68. The van der Waals surface area contributed by atoms with E-state index in [1.807, 2.05) is 0 Å². The highest BCUT2D eigenvalue weighted by Gasteiger charge is 2.53. The molecule has 0 aliphatic carbocycles. The van der Waals surface area contributed by atoms with Crippen molar-refractivity contribution in [2.24, 2.45) is 0 Å². The molecule has 0 saturated heterocycles. The fraction of sp³-hybridized carbons (Fsp3) is 0.538. The van der Waals surface area contributed by atoms with Gasteiger partial charge in [-0.25, -0.2) is 0 Å². The molecule has 0 amide bonds. The molecule has 0 aromatic heterocycles. The molecular weight excluding hydrogens is 261 g/mol. The van der Waals surface area contributed by atoms with E-state index in [1.54, 1.807) is 13.8 Å². The smallest absolute Gasteiger partial charge is 0.421 e. The van der Waals surface area contributed by atoms with Gasteiger partial charge >= 0.3 is 6.18 Å². The summed E-state index contributed by atoms with van der Waals surface area (Å²) < 4.78 is 49.2. The van der Waals surface area contributed by atoms with Crippen LogP contribution in [-0.4, -0.2) is 24.5 Å². The van der Waals surface area contributed by atoms with Gasteiger partial charge < -0.3 is 14.6 Å². The second kappa shape index (κ2) is 5.69. The number of rotatable bonds is 5. The predicted octanol–water partition coefficient (Wildman–Crippen LogP) is 3.25. The van der Waals surface area contributed by atoms with Gasteiger partial charge in [-0.3, -0.25) is 0 Å². The highest BCUT2D eigenvalue weighted by molar-refractivity contribution is 5.49. The van der Waals surface area contributed by atoms with E-state index in [2.05, 4.69) is 0 Å². The Bertz CT molecular complexity index is 428. The third kappa shape index (κ3) is 3.12. The Labute approximate surface area is 110 Å². The zero-order valence-corrected chi connectivity index (χ0v) is 11.0. The summed E-state index contributed by atoms with van der Waals surface area (Å²) >= 11 is 0. The molecule has 3 nitrogen and oxygen atoms in total. The quantitative estimate of drug-likeness (QED) is 0.898. The normalized spacial score (nSPS) is 14.9. The second-order valence-corrected chi connectivity index (χ2v) is 4.07. The van der Waals surface area contributed by atoms with E-state index in [9.17, 15) is 18.3 Å². The Balaban J connectivity index is 3.38. The lowest BCUT2D eigenvalue weighted by Gasteiger charge is -2.29. The summed E-state index contributed by atoms with van der Waals surface area (Å²) in [6.07, 6.45) is -4.80. The molecule has 1 aromatic carbocycles. The molecule has 0 heterocycles. The first-order valence-electron chi connectivity index (χ1n) is 5.93. The number of aliphatic hydroxyl groups is 1. The van der Waals surface area contributed by atoms with Crippen LogP contribution < -0.4 is 9.47 Å². The number of benzene rings is 1. The SMILES string of the molecule is CCOc1cccc(C(C)(O)C(F)(F)F)c1OCC. The van der Waals surface area contributed by atoms with Crippen LogP contribution in [0.4, 0.5) is 13.2 Å². The first-order chi connectivity index (χ1) is 8.75. The molecule has 19 heavy (non-hydrogen) atoms. The monoisotopic (exact) mass is 278 g/mol. The van der Waals surface area contributed by atoms with Crippen LogP contribution in [0.1, 0.15) is 26.3 Å². The molecule has 1 atom stereocenters. The molecular formula is C13H17F3O3. The van der Waals surface area contributed by atoms with Gasteiger partial charge in [-0.2, -0.15) is 13.2 Å². The zero-order chi connectivity index (χ0) is 14.7. The van der Waals surface area contributed by atoms with Crippen LogP contribution in [0, 0.1) is 0 Å². The van der Waals surface area contributed by atoms with Gasteiger partial charge in [0, 0.05) is 5.56 Å². The molecule has 0 bridgehead atoms. The minimum atomic E-state index is -4.80. The van der Waals surface area contributed by atoms with Gasteiger partial charge in [-0.05, 0) is 26.8 Å². The van der Waals surface area contributed by atoms with E-state index in [-0.39, 0.29) is 30.3 Å². The van der Waals surface area contributed by atoms with Crippen molar-refractivity contribution in [3.63, 3.8) is 0 Å². The summed E-state index contributed by atoms with van der Waals surface area (Å²) in [5.74, 6) is 0.112. The van der Waals surface area contributed by atoms with E-state index in [4.69, 9.17) is 9.47 Å². The molecule has 0 radical (unpaired) electrons. The van der Waals surface area contributed by atoms with E-state index in [1.165, 1.54) is 18.2 Å². The fourth-order valence-corrected chi connectivity index (χ4v) is 1.61. The molecule has 0 aliphatic rings. The topological polar surface area (TPSA) is 38.7 Å². The maximum atomic E-state index is 12.9. The van der Waals surface area contributed by atoms with Crippen molar-refractivity contribution in [2.45, 2.75) is 32.5 Å². The first-order valence-corrected chi connectivity index (χ1v) is 5.93. The maximum absolute atomic E-state index is 12.9. The van der Waals surface area contributed by atoms with Crippen molar-refractivity contribution in [2.75, 3.05) is 13.2 Å². The predicted molar refractivity (Wildman–Crippen MR) is 64.4 cm³/mol. The van der Waals surface area contributed by atoms with Gasteiger partial charge in [0.05, 0.1) is 13.2 Å². The van der Waals surface area contributed by atoms with Crippen LogP contribution in [0.3, 0.4) is 0 Å². The lowest BCUT2D eigenvalue weighted by Crippen LogP contribution is -2.39. The van der Waals surface area contributed by atoms with Crippen LogP contribution in [0.15, 0.2) is 18.2 Å². The minimum Gasteiger partial charge on any atom is -0.490 e. The summed E-state index contributed by atoms with van der Waals surface area (Å²) in [6, 6.07) is 4.08. The van der Waals surface area contributed by atoms with Crippen molar-refractivity contribution in [3.05, 3.63) is 23.8 Å². The van der Waals surface area contributed by atoms with Gasteiger partial charge in [0.2, 0.25) is 0 Å². The van der Waals surface area contributed by atoms with Gasteiger partial charge in [-0.1, -0.05) is 12.1 Å². The molecule has 1 rings (SSSR count). The maximum Gasteiger partial charge on any atom is 0.421 e. The number of hydrogen-bond donors (Lipinski definition) is 1. The largest absolute Gasteiger partial charge is 0.490 e. The number of ether oxygens (including phenoxy) is 2. The summed E-state index contributed by atoms with van der Waals surface area (Å²) in [5, 5.41) is 9.76. The van der Waals surface area contributed by atoms with Crippen molar-refractivity contribution in [1.82, 2.24) is 0 Å². The average Bonchev–Trinajstić information content (AvgIpc) is 2.30. The third-order valence-electron chi connectivity index (χ3n) is 2.64. The fourth-order valence-electron chi connectivity index (χ4n) is 1.61. The van der Waals surface area contributed by atoms with Crippen molar-refractivity contribution in [1.29, 1.82) is 0 Å². The molecule has 0 aliphatic heterocycles. The Morgan fingerprint density at radius 2 is 1.68 bits per heavy atom. The Morgan fingerprint density at radius 1 is 1.11 bits per heavy atom. The van der Waals surface area contributed by atoms with E-state index >= 15 is 0 Å². The summed E-state index contributed by atoms with van der Waals surface area (Å²) in [5.41, 5.74) is -3.35. The standard InChI is InChI=1S/C13H17F3O3/c1-4-18-10-8-6-7-9(11(10)19-5-2)12(3,17)13(14,15)16/h6-8,17H,4-5H2,1-3H3. The van der Waals surface area contributed by atoms with Crippen LogP contribution >= 0.6 is 0 Å². The first kappa shape index (κ1) is 15.6. The number of halogens is 3. The lowest BCUT2D eigenvalue weighted by molar-refractivity contribution is -0.259. The molecule has 1 N–H and O–H groups in total. The molecule has 1 unspecified atom stereocenters. The second-order valence-electron chi connectivity index (χ2n) is 4.07. The summed E-state index contributed by atoms with van der Waals surface area (Å²) in [6.45, 7) is 4.52. The van der Waals surface area contributed by atoms with Crippen molar-refractivity contribution >= 4 is 0 Å². The van der Waals surface area contributed by atoms with Crippen LogP contribution in [0.2, 0.25) is 0 Å². The van der Waals surface area contributed by atoms with Gasteiger partial charge in [0.25, 0.3) is 0 Å². The highest BCUT2D eigenvalue weighted by atomic mass is 19.4. The highest BCUT2D eigenvalue weighted by Crippen LogP contribution is 2.45.